The molecule has 0 unspecified atom stereocenters. The maximum absolute atomic E-state index is 11.1. The van der Waals surface area contributed by atoms with Gasteiger partial charge in [0.1, 0.15) is 0 Å². The van der Waals surface area contributed by atoms with Crippen LogP contribution in [0.3, 0.4) is 0 Å². The Morgan fingerprint density at radius 3 is 2.47 bits per heavy atom. The van der Waals surface area contributed by atoms with Crippen LogP contribution in [-0.4, -0.2) is 67.9 Å². The molecule has 0 radical (unpaired) electrons. The van der Waals surface area contributed by atoms with E-state index in [1.165, 1.54) is 16.8 Å². The highest BCUT2D eigenvalue weighted by Gasteiger charge is 2.21. The predicted octanol–water partition coefficient (Wildman–Crippen LogP) is 4.02. The topological polar surface area (TPSA) is 77.4 Å². The Hall–Kier alpha value is -3.06. The van der Waals surface area contributed by atoms with Gasteiger partial charge in [0.05, 0.1) is 5.56 Å². The summed E-state index contributed by atoms with van der Waals surface area (Å²) >= 11 is 0. The van der Waals surface area contributed by atoms with E-state index in [1.54, 1.807) is 24.3 Å². The number of aryl methyl sites for hydroxylation is 2. The Bertz CT molecular complexity index is 919. The molecule has 7 heteroatoms. The minimum atomic E-state index is -0.927. The molecule has 3 rings (SSSR count). The molecule has 0 aliphatic carbocycles. The number of benzene rings is 2. The van der Waals surface area contributed by atoms with Gasteiger partial charge < -0.3 is 25.0 Å². The summed E-state index contributed by atoms with van der Waals surface area (Å²) in [6.45, 7) is 11.9. The molecule has 2 N–H and O–H groups in total. The maximum atomic E-state index is 11.1. The molecule has 1 aliphatic heterocycles. The number of carboxylic acids is 1. The van der Waals surface area contributed by atoms with Crippen molar-refractivity contribution in [1.29, 1.82) is 0 Å². The highest BCUT2D eigenvalue weighted by Crippen LogP contribution is 2.23. The van der Waals surface area contributed by atoms with Gasteiger partial charge in [-0.2, -0.15) is 0 Å². The number of hydrogen-bond donors (Lipinski definition) is 2. The number of carbonyl (C=O) groups is 1. The molecule has 7 nitrogen and oxygen atoms in total. The molecule has 0 amide bonds. The monoisotopic (exact) mass is 438 g/mol. The Morgan fingerprint density at radius 2 is 1.81 bits per heavy atom. The average molecular weight is 439 g/mol. The van der Waals surface area contributed by atoms with Gasteiger partial charge in [-0.25, -0.2) is 4.79 Å². The number of rotatable bonds is 8. The van der Waals surface area contributed by atoms with E-state index in [0.29, 0.717) is 19.8 Å². The Balaban J connectivity index is 1.68. The van der Waals surface area contributed by atoms with Crippen LogP contribution in [0.15, 0.2) is 47.5 Å². The lowest BCUT2D eigenvalue weighted by Crippen LogP contribution is -2.51. The number of nitrogens with zero attached hydrogens (tertiary/aromatic N) is 3. The number of guanidine groups is 1. The minimum absolute atomic E-state index is 0.271. The van der Waals surface area contributed by atoms with Crippen molar-refractivity contribution >= 4 is 23.3 Å². The second-order valence-electron chi connectivity index (χ2n) is 8.03. The Labute approximate surface area is 190 Å². The fourth-order valence-corrected chi connectivity index (χ4v) is 3.76. The number of nitrogens with one attached hydrogen (secondary N) is 1. The predicted molar refractivity (Wildman–Crippen MR) is 130 cm³/mol. The molecule has 0 saturated carbocycles. The second-order valence-corrected chi connectivity index (χ2v) is 8.03. The number of piperazine rings is 1. The molecular weight excluding hydrogens is 404 g/mol. The van der Waals surface area contributed by atoms with E-state index in [9.17, 15) is 4.79 Å². The van der Waals surface area contributed by atoms with Crippen molar-refractivity contribution in [1.82, 2.24) is 4.90 Å². The van der Waals surface area contributed by atoms with Gasteiger partial charge >= 0.3 is 5.97 Å². The van der Waals surface area contributed by atoms with E-state index < -0.39 is 5.97 Å². The lowest BCUT2D eigenvalue weighted by molar-refractivity contribution is 0.0697. The van der Waals surface area contributed by atoms with Gasteiger partial charge in [0.15, 0.2) is 5.96 Å². The standard InChI is InChI=1S/C25H34N4O3/c1-4-32-17-5-12-26-25(27-22-10-8-21(9-11-22)24(30)31)29-15-13-28(14-16-29)23-18-19(2)6-7-20(23)3/h6-11,18H,4-5,12-17H2,1-3H3,(H,26,27)(H,30,31). The maximum Gasteiger partial charge on any atom is 0.335 e. The molecule has 172 valence electrons. The van der Waals surface area contributed by atoms with Gasteiger partial charge in [0.2, 0.25) is 0 Å². The van der Waals surface area contributed by atoms with Crippen LogP contribution in [0.25, 0.3) is 0 Å². The normalized spacial score (nSPS) is 14.5. The van der Waals surface area contributed by atoms with Crippen molar-refractivity contribution in [3.63, 3.8) is 0 Å². The van der Waals surface area contributed by atoms with Crippen LogP contribution in [0.4, 0.5) is 11.4 Å². The largest absolute Gasteiger partial charge is 0.478 e. The lowest BCUT2D eigenvalue weighted by atomic mass is 10.1. The lowest BCUT2D eigenvalue weighted by Gasteiger charge is -2.38. The van der Waals surface area contributed by atoms with Gasteiger partial charge in [-0.15, -0.1) is 0 Å². The van der Waals surface area contributed by atoms with Crippen molar-refractivity contribution < 1.29 is 14.6 Å². The molecule has 0 spiro atoms. The summed E-state index contributed by atoms with van der Waals surface area (Å²) in [6.07, 6.45) is 0.861. The summed E-state index contributed by atoms with van der Waals surface area (Å²) in [5, 5.41) is 12.5. The molecular formula is C25H34N4O3. The Morgan fingerprint density at radius 1 is 1.09 bits per heavy atom. The zero-order chi connectivity index (χ0) is 22.9. The van der Waals surface area contributed by atoms with Gasteiger partial charge in [0, 0.05) is 57.3 Å². The van der Waals surface area contributed by atoms with Crippen LogP contribution < -0.4 is 10.2 Å². The van der Waals surface area contributed by atoms with E-state index >= 15 is 0 Å². The highest BCUT2D eigenvalue weighted by atomic mass is 16.5. The number of anilines is 2. The summed E-state index contributed by atoms with van der Waals surface area (Å²) in [4.78, 5) is 20.7. The van der Waals surface area contributed by atoms with Gasteiger partial charge in [-0.05, 0) is 68.7 Å². The van der Waals surface area contributed by atoms with Crippen LogP contribution in [-0.2, 0) is 4.74 Å². The summed E-state index contributed by atoms with van der Waals surface area (Å²) in [7, 11) is 0. The van der Waals surface area contributed by atoms with Crippen molar-refractivity contribution in [2.24, 2.45) is 4.99 Å². The molecule has 1 heterocycles. The first kappa shape index (κ1) is 23.6. The van der Waals surface area contributed by atoms with Gasteiger partial charge in [-0.3, -0.25) is 4.99 Å². The molecule has 0 bridgehead atoms. The van der Waals surface area contributed by atoms with Crippen molar-refractivity contribution in [2.75, 3.05) is 56.2 Å². The number of carboxylic acid groups (broad SMARTS) is 1. The first-order valence-corrected chi connectivity index (χ1v) is 11.3. The van der Waals surface area contributed by atoms with Gasteiger partial charge in [0.25, 0.3) is 0 Å². The molecule has 0 atom stereocenters. The number of aliphatic imine (C=N–C) groups is 1. The molecule has 1 fully saturated rings. The smallest absolute Gasteiger partial charge is 0.335 e. The van der Waals surface area contributed by atoms with E-state index in [0.717, 1.165) is 44.2 Å². The van der Waals surface area contributed by atoms with Gasteiger partial charge in [-0.1, -0.05) is 12.1 Å². The fraction of sp³-hybridized carbons (Fsp3) is 0.440. The molecule has 1 saturated heterocycles. The van der Waals surface area contributed by atoms with Crippen molar-refractivity contribution in [3.8, 4) is 0 Å². The quantitative estimate of drug-likeness (QED) is 0.368. The zero-order valence-electron chi connectivity index (χ0n) is 19.3. The second kappa shape index (κ2) is 11.5. The molecule has 2 aromatic rings. The third kappa shape index (κ3) is 6.47. The van der Waals surface area contributed by atoms with Crippen LogP contribution in [0.5, 0.6) is 0 Å². The third-order valence-electron chi connectivity index (χ3n) is 5.59. The summed E-state index contributed by atoms with van der Waals surface area (Å²) in [6, 6.07) is 13.4. The summed E-state index contributed by atoms with van der Waals surface area (Å²) in [5.41, 5.74) is 4.97. The molecule has 32 heavy (non-hydrogen) atoms. The van der Waals surface area contributed by atoms with E-state index in [1.807, 2.05) is 6.92 Å². The first-order valence-electron chi connectivity index (χ1n) is 11.3. The molecule has 0 aromatic heterocycles. The fourth-order valence-electron chi connectivity index (χ4n) is 3.76. The first-order chi connectivity index (χ1) is 15.5. The number of aromatic carboxylic acids is 1. The van der Waals surface area contributed by atoms with E-state index in [4.69, 9.17) is 14.8 Å². The number of hydrogen-bond acceptors (Lipinski definition) is 4. The van der Waals surface area contributed by atoms with Crippen LogP contribution in [0.2, 0.25) is 0 Å². The van der Waals surface area contributed by atoms with Crippen LogP contribution in [0.1, 0.15) is 34.8 Å². The van der Waals surface area contributed by atoms with E-state index in [2.05, 4.69) is 47.2 Å². The van der Waals surface area contributed by atoms with Crippen molar-refractivity contribution in [3.05, 3.63) is 59.2 Å². The zero-order valence-corrected chi connectivity index (χ0v) is 19.3. The SMILES string of the molecule is CCOCCCN=C(Nc1ccc(C(=O)O)cc1)N1CCN(c2cc(C)ccc2C)CC1. The summed E-state index contributed by atoms with van der Waals surface area (Å²) < 4.78 is 5.43. The highest BCUT2D eigenvalue weighted by molar-refractivity contribution is 5.95. The summed E-state index contributed by atoms with van der Waals surface area (Å²) in [5.74, 6) is -0.103. The Kier molecular flexibility index (Phi) is 8.50. The molecule has 1 aliphatic rings. The third-order valence-corrected chi connectivity index (χ3v) is 5.59. The van der Waals surface area contributed by atoms with Crippen molar-refractivity contribution in [2.45, 2.75) is 27.2 Å². The van der Waals surface area contributed by atoms with Crippen LogP contribution in [0, 0.1) is 13.8 Å². The average Bonchev–Trinajstić information content (AvgIpc) is 2.80. The number of ether oxygens (including phenoxy) is 1. The minimum Gasteiger partial charge on any atom is -0.478 e. The van der Waals surface area contributed by atoms with Crippen LogP contribution >= 0.6 is 0 Å². The molecule has 2 aromatic carbocycles. The van der Waals surface area contributed by atoms with E-state index in [-0.39, 0.29) is 5.56 Å².